The predicted octanol–water partition coefficient (Wildman–Crippen LogP) is 3.63. The second-order valence-electron chi connectivity index (χ2n) is 13.1. The summed E-state index contributed by atoms with van der Waals surface area (Å²) < 4.78 is 29.2. The minimum Gasteiger partial charge on any atom is -0.467 e. The molecule has 0 spiro atoms. The van der Waals surface area contributed by atoms with Gasteiger partial charge in [-0.25, -0.2) is 9.18 Å². The van der Waals surface area contributed by atoms with E-state index in [-0.39, 0.29) is 24.1 Å². The van der Waals surface area contributed by atoms with Crippen molar-refractivity contribution in [2.45, 2.75) is 75.3 Å². The number of hydrogen-bond donors (Lipinski definition) is 4. The zero-order chi connectivity index (χ0) is 34.7. The lowest BCUT2D eigenvalue weighted by atomic mass is 9.78. The second kappa shape index (κ2) is 14.6. The Morgan fingerprint density at radius 2 is 1.60 bits per heavy atom. The quantitative estimate of drug-likeness (QED) is 0.115. The van der Waals surface area contributed by atoms with E-state index in [1.54, 1.807) is 29.2 Å². The van der Waals surface area contributed by atoms with E-state index in [0.717, 1.165) is 18.2 Å². The molecule has 0 saturated carbocycles. The summed E-state index contributed by atoms with van der Waals surface area (Å²) in [6, 6.07) is 19.5. The Balaban J connectivity index is 1.36. The van der Waals surface area contributed by atoms with Crippen molar-refractivity contribution < 1.29 is 48.6 Å². The molecular weight excluding hydrogens is 637 g/mol. The molecule has 0 aliphatic carbocycles. The van der Waals surface area contributed by atoms with E-state index in [2.05, 4.69) is 35.8 Å². The number of nitrogens with zero attached hydrogens (tertiary/aromatic N) is 1. The normalized spacial score (nSPS) is 26.1. The van der Waals surface area contributed by atoms with Crippen LogP contribution in [-0.2, 0) is 19.1 Å². The molecule has 48 heavy (non-hydrogen) atoms. The summed E-state index contributed by atoms with van der Waals surface area (Å²) in [5, 5.41) is 41.7. The minimum absolute atomic E-state index is 0.104. The number of anilines is 1. The van der Waals surface area contributed by atoms with Crippen molar-refractivity contribution >= 4 is 25.6 Å². The van der Waals surface area contributed by atoms with Crippen LogP contribution >= 0.6 is 0 Å². The standard InChI is InChI=1S/C36H40FNO9Si/c1-45-35(44)33-31(41)30(40)32(42)36(47-33)46-26-15-9-23(10-16-26)29-27(17-18-28(39)22-7-11-24(37)12-8-22)34(43)38(29)25-13-5-21(6-14-25)19-20-48(2,3)4/h5-16,27-33,36,39-42H,17-18H2,1-4H3/t27?,28-,29+,30-,31?,32?,33-,36+/m0/s1. The first-order valence-corrected chi connectivity index (χ1v) is 19.2. The van der Waals surface area contributed by atoms with Crippen LogP contribution in [0, 0.1) is 23.2 Å². The molecule has 4 N–H and O–H groups in total. The van der Waals surface area contributed by atoms with Gasteiger partial charge in [-0.1, -0.05) is 49.8 Å². The maximum Gasteiger partial charge on any atom is 0.337 e. The van der Waals surface area contributed by atoms with E-state index in [9.17, 15) is 34.4 Å². The number of esters is 1. The van der Waals surface area contributed by atoms with Crippen LogP contribution in [0.4, 0.5) is 10.1 Å². The van der Waals surface area contributed by atoms with E-state index in [4.69, 9.17) is 9.47 Å². The number of hydrogen-bond acceptors (Lipinski definition) is 9. The number of aliphatic hydroxyl groups excluding tert-OH is 4. The van der Waals surface area contributed by atoms with Crippen LogP contribution in [0.15, 0.2) is 72.8 Å². The summed E-state index contributed by atoms with van der Waals surface area (Å²) in [6.07, 6.45) is -8.36. The Morgan fingerprint density at radius 1 is 0.958 bits per heavy atom. The molecule has 2 aliphatic heterocycles. The van der Waals surface area contributed by atoms with Crippen molar-refractivity contribution in [3.63, 3.8) is 0 Å². The fraction of sp³-hybridized carbons (Fsp3) is 0.389. The van der Waals surface area contributed by atoms with Crippen molar-refractivity contribution in [1.82, 2.24) is 0 Å². The zero-order valence-electron chi connectivity index (χ0n) is 27.1. The number of halogens is 1. The molecular formula is C36H40FNO9Si. The molecule has 3 unspecified atom stereocenters. The third-order valence-corrected chi connectivity index (χ3v) is 9.30. The molecule has 1 amide bonds. The van der Waals surface area contributed by atoms with E-state index in [0.29, 0.717) is 17.7 Å². The van der Waals surface area contributed by atoms with Crippen LogP contribution < -0.4 is 9.64 Å². The first-order chi connectivity index (χ1) is 22.8. The Hall–Kier alpha value is -4.09. The van der Waals surface area contributed by atoms with Gasteiger partial charge in [0.05, 0.1) is 25.2 Å². The molecule has 2 heterocycles. The third-order valence-electron chi connectivity index (χ3n) is 8.42. The number of ether oxygens (including phenoxy) is 3. The van der Waals surface area contributed by atoms with Crippen LogP contribution in [0.2, 0.25) is 19.6 Å². The zero-order valence-corrected chi connectivity index (χ0v) is 28.1. The summed E-state index contributed by atoms with van der Waals surface area (Å²) >= 11 is 0. The van der Waals surface area contributed by atoms with Gasteiger partial charge in [0.25, 0.3) is 0 Å². The summed E-state index contributed by atoms with van der Waals surface area (Å²) in [5.74, 6) is 1.56. The Bertz CT molecular complexity index is 1650. The van der Waals surface area contributed by atoms with E-state index >= 15 is 0 Å². The van der Waals surface area contributed by atoms with Crippen LogP contribution in [0.3, 0.4) is 0 Å². The van der Waals surface area contributed by atoms with E-state index in [1.807, 2.05) is 24.3 Å². The first-order valence-electron chi connectivity index (χ1n) is 15.7. The number of rotatable bonds is 9. The molecule has 8 atom stereocenters. The highest BCUT2D eigenvalue weighted by Crippen LogP contribution is 2.46. The molecule has 0 radical (unpaired) electrons. The number of methoxy groups -OCH3 is 1. The van der Waals surface area contributed by atoms with Crippen LogP contribution in [0.5, 0.6) is 5.75 Å². The third kappa shape index (κ3) is 7.79. The highest BCUT2D eigenvalue weighted by atomic mass is 28.3. The van der Waals surface area contributed by atoms with Crippen LogP contribution in [0.1, 0.15) is 41.7 Å². The Labute approximate surface area is 279 Å². The van der Waals surface area contributed by atoms with Crippen molar-refractivity contribution in [2.24, 2.45) is 5.92 Å². The lowest BCUT2D eigenvalue weighted by Crippen LogP contribution is -2.61. The van der Waals surface area contributed by atoms with Gasteiger partial charge in [-0.05, 0) is 72.5 Å². The lowest BCUT2D eigenvalue weighted by molar-refractivity contribution is -0.271. The number of carbonyl (C=O) groups excluding carboxylic acids is 2. The fourth-order valence-corrected chi connectivity index (χ4v) is 6.31. The van der Waals surface area contributed by atoms with Gasteiger partial charge in [-0.15, -0.1) is 5.54 Å². The van der Waals surface area contributed by atoms with Gasteiger partial charge in [0.15, 0.2) is 6.10 Å². The van der Waals surface area contributed by atoms with Gasteiger partial charge < -0.3 is 39.5 Å². The molecule has 0 bridgehead atoms. The van der Waals surface area contributed by atoms with Crippen molar-refractivity contribution in [3.05, 3.63) is 95.3 Å². The summed E-state index contributed by atoms with van der Waals surface area (Å²) in [7, 11) is -0.469. The molecule has 3 aromatic carbocycles. The molecule has 2 fully saturated rings. The summed E-state index contributed by atoms with van der Waals surface area (Å²) in [4.78, 5) is 27.4. The Kier molecular flexibility index (Phi) is 10.7. The number of amides is 1. The fourth-order valence-electron chi connectivity index (χ4n) is 5.79. The smallest absolute Gasteiger partial charge is 0.337 e. The molecule has 3 aromatic rings. The molecule has 5 rings (SSSR count). The van der Waals surface area contributed by atoms with Crippen LogP contribution in [0.25, 0.3) is 0 Å². The highest BCUT2D eigenvalue weighted by Gasteiger charge is 2.50. The number of benzene rings is 3. The van der Waals surface area contributed by atoms with Crippen LogP contribution in [-0.4, -0.2) is 78.2 Å². The Morgan fingerprint density at radius 3 is 2.21 bits per heavy atom. The monoisotopic (exact) mass is 677 g/mol. The number of aliphatic hydroxyl groups is 4. The largest absolute Gasteiger partial charge is 0.467 e. The summed E-state index contributed by atoms with van der Waals surface area (Å²) in [5.41, 5.74) is 6.22. The first kappa shape index (κ1) is 35.2. The minimum atomic E-state index is -1.72. The van der Waals surface area contributed by atoms with Crippen molar-refractivity contribution in [1.29, 1.82) is 0 Å². The second-order valence-corrected chi connectivity index (χ2v) is 17.8. The van der Waals surface area contributed by atoms with Crippen molar-refractivity contribution in [3.8, 4) is 17.2 Å². The molecule has 2 aliphatic rings. The van der Waals surface area contributed by atoms with Gasteiger partial charge in [-0.2, -0.15) is 0 Å². The van der Waals surface area contributed by atoms with E-state index < -0.39 is 62.6 Å². The molecule has 10 nitrogen and oxygen atoms in total. The number of carbonyl (C=O) groups is 2. The highest BCUT2D eigenvalue weighted by molar-refractivity contribution is 6.83. The SMILES string of the molecule is COC(=O)[C@H]1O[C@@H](Oc2ccc([C@@H]3C(CC[C@H](O)c4ccc(F)cc4)C(=O)N3c3ccc(C#C[Si](C)(C)C)cc3)cc2)C(O)[C@@H](O)C1O. The molecule has 0 aromatic heterocycles. The molecule has 12 heteroatoms. The van der Waals surface area contributed by atoms with E-state index in [1.165, 1.54) is 24.3 Å². The van der Waals surface area contributed by atoms with Gasteiger partial charge in [-0.3, -0.25) is 4.79 Å². The predicted molar refractivity (Wildman–Crippen MR) is 177 cm³/mol. The number of β-lactam (4-membered cyclic amide) rings is 1. The average molecular weight is 678 g/mol. The maximum absolute atomic E-state index is 13.6. The average Bonchev–Trinajstić information content (AvgIpc) is 3.07. The van der Waals surface area contributed by atoms with Gasteiger partial charge in [0, 0.05) is 11.3 Å². The topological polar surface area (TPSA) is 146 Å². The lowest BCUT2D eigenvalue weighted by Gasteiger charge is -2.48. The van der Waals surface area contributed by atoms with Gasteiger partial charge in [0.2, 0.25) is 12.2 Å². The molecule has 254 valence electrons. The molecule has 2 saturated heterocycles. The maximum atomic E-state index is 13.6. The summed E-state index contributed by atoms with van der Waals surface area (Å²) in [6.45, 7) is 6.49. The van der Waals surface area contributed by atoms with Gasteiger partial charge >= 0.3 is 5.97 Å². The van der Waals surface area contributed by atoms with Gasteiger partial charge in [0.1, 0.15) is 38.0 Å². The van der Waals surface area contributed by atoms with Crippen molar-refractivity contribution in [2.75, 3.05) is 12.0 Å².